The van der Waals surface area contributed by atoms with Crippen molar-refractivity contribution < 1.29 is 19.1 Å². The van der Waals surface area contributed by atoms with E-state index >= 15 is 0 Å². The lowest BCUT2D eigenvalue weighted by molar-refractivity contribution is -0.128. The van der Waals surface area contributed by atoms with E-state index in [1.165, 1.54) is 11.3 Å². The van der Waals surface area contributed by atoms with E-state index in [0.29, 0.717) is 19.0 Å². The molecule has 1 atom stereocenters. The average molecular weight is 390 g/mol. The Bertz CT molecular complexity index is 804. The van der Waals surface area contributed by atoms with Gasteiger partial charge in [-0.25, -0.2) is 4.98 Å². The van der Waals surface area contributed by atoms with Crippen LogP contribution in [0.1, 0.15) is 23.0 Å². The van der Waals surface area contributed by atoms with Crippen molar-refractivity contribution in [2.45, 2.75) is 20.0 Å². The smallest absolute Gasteiger partial charge is 0.289 e. The maximum absolute atomic E-state index is 12.2. The lowest BCUT2D eigenvalue weighted by atomic mass is 10.2. The summed E-state index contributed by atoms with van der Waals surface area (Å²) in [5, 5.41) is 2.44. The predicted octanol–water partition coefficient (Wildman–Crippen LogP) is 1.52. The number of nitrogens with one attached hydrogen (secondary N) is 2. The zero-order valence-corrected chi connectivity index (χ0v) is 16.0. The summed E-state index contributed by atoms with van der Waals surface area (Å²) in [7, 11) is 0. The predicted molar refractivity (Wildman–Crippen MR) is 102 cm³/mol. The second-order valence-corrected chi connectivity index (χ2v) is 6.97. The number of morpholine rings is 1. The number of aromatic nitrogens is 1. The topological polar surface area (TPSA) is 92.8 Å². The van der Waals surface area contributed by atoms with Crippen molar-refractivity contribution >= 4 is 28.3 Å². The molecule has 27 heavy (non-hydrogen) atoms. The van der Waals surface area contributed by atoms with Gasteiger partial charge in [0.25, 0.3) is 11.8 Å². The second-order valence-electron chi connectivity index (χ2n) is 6.13. The summed E-state index contributed by atoms with van der Waals surface area (Å²) >= 11 is 1.39. The van der Waals surface area contributed by atoms with Gasteiger partial charge in [0, 0.05) is 18.5 Å². The van der Waals surface area contributed by atoms with Gasteiger partial charge in [-0.15, -0.1) is 11.3 Å². The SMILES string of the molecule is Cc1cccc(OC(C)C(=O)NNC(=O)c2csc(N3CCOCC3)n2)c1. The minimum Gasteiger partial charge on any atom is -0.481 e. The zero-order chi connectivity index (χ0) is 19.2. The van der Waals surface area contributed by atoms with Crippen molar-refractivity contribution in [3.8, 4) is 5.75 Å². The first-order valence-electron chi connectivity index (χ1n) is 8.64. The van der Waals surface area contributed by atoms with E-state index in [9.17, 15) is 9.59 Å². The summed E-state index contributed by atoms with van der Waals surface area (Å²) in [4.78, 5) is 30.7. The maximum atomic E-state index is 12.2. The fourth-order valence-electron chi connectivity index (χ4n) is 2.50. The van der Waals surface area contributed by atoms with Crippen LogP contribution >= 0.6 is 11.3 Å². The Labute approximate surface area is 161 Å². The van der Waals surface area contributed by atoms with Gasteiger partial charge in [0.05, 0.1) is 13.2 Å². The molecule has 0 radical (unpaired) electrons. The third-order valence-corrected chi connectivity index (χ3v) is 4.88. The van der Waals surface area contributed by atoms with Gasteiger partial charge in [-0.1, -0.05) is 12.1 Å². The van der Waals surface area contributed by atoms with Crippen LogP contribution < -0.4 is 20.5 Å². The summed E-state index contributed by atoms with van der Waals surface area (Å²) < 4.78 is 10.9. The highest BCUT2D eigenvalue weighted by atomic mass is 32.1. The van der Waals surface area contributed by atoms with Crippen LogP contribution in [0.25, 0.3) is 0 Å². The summed E-state index contributed by atoms with van der Waals surface area (Å²) in [6.45, 7) is 6.35. The van der Waals surface area contributed by atoms with E-state index in [1.807, 2.05) is 25.1 Å². The Balaban J connectivity index is 1.49. The van der Waals surface area contributed by atoms with E-state index in [2.05, 4.69) is 20.7 Å². The Hall–Kier alpha value is -2.65. The first-order chi connectivity index (χ1) is 13.0. The van der Waals surface area contributed by atoms with Crippen molar-refractivity contribution in [3.05, 3.63) is 40.9 Å². The van der Waals surface area contributed by atoms with Gasteiger partial charge in [-0.05, 0) is 31.5 Å². The number of carbonyl (C=O) groups is 2. The minimum atomic E-state index is -0.758. The third kappa shape index (κ3) is 5.18. The normalized spacial score (nSPS) is 15.1. The molecule has 0 bridgehead atoms. The third-order valence-electron chi connectivity index (χ3n) is 3.98. The molecule has 1 aromatic heterocycles. The molecular formula is C18H22N4O4S. The second kappa shape index (κ2) is 8.83. The first-order valence-corrected chi connectivity index (χ1v) is 9.52. The number of aryl methyl sites for hydroxylation is 1. The molecule has 0 saturated carbocycles. The number of ether oxygens (including phenoxy) is 2. The summed E-state index contributed by atoms with van der Waals surface area (Å²) in [6, 6.07) is 7.41. The lowest BCUT2D eigenvalue weighted by Gasteiger charge is -2.25. The molecule has 1 aliphatic heterocycles. The van der Waals surface area contributed by atoms with Gasteiger partial charge in [-0.2, -0.15) is 0 Å². The van der Waals surface area contributed by atoms with Crippen LogP contribution in [0.2, 0.25) is 0 Å². The number of thiazole rings is 1. The van der Waals surface area contributed by atoms with Crippen molar-refractivity contribution in [1.82, 2.24) is 15.8 Å². The molecule has 2 N–H and O–H groups in total. The number of hydrogen-bond donors (Lipinski definition) is 2. The molecule has 8 nitrogen and oxygen atoms in total. The fraction of sp³-hybridized carbons (Fsp3) is 0.389. The van der Waals surface area contributed by atoms with E-state index < -0.39 is 17.9 Å². The summed E-state index contributed by atoms with van der Waals surface area (Å²) in [5.74, 6) is -0.325. The van der Waals surface area contributed by atoms with Crippen LogP contribution in [0.5, 0.6) is 5.75 Å². The van der Waals surface area contributed by atoms with Gasteiger partial charge in [-0.3, -0.25) is 20.4 Å². The number of hydrazine groups is 1. The van der Waals surface area contributed by atoms with Gasteiger partial charge < -0.3 is 14.4 Å². The molecule has 1 aromatic carbocycles. The molecule has 1 saturated heterocycles. The highest BCUT2D eigenvalue weighted by molar-refractivity contribution is 7.13. The number of anilines is 1. The molecule has 144 valence electrons. The minimum absolute atomic E-state index is 0.258. The number of hydrogen-bond acceptors (Lipinski definition) is 7. The van der Waals surface area contributed by atoms with Crippen LogP contribution in [-0.4, -0.2) is 49.2 Å². The Kier molecular flexibility index (Phi) is 6.25. The lowest BCUT2D eigenvalue weighted by Crippen LogP contribution is -2.47. The summed E-state index contributed by atoms with van der Waals surface area (Å²) in [5.41, 5.74) is 6.04. The van der Waals surface area contributed by atoms with E-state index in [1.54, 1.807) is 18.4 Å². The van der Waals surface area contributed by atoms with Gasteiger partial charge in [0.1, 0.15) is 11.4 Å². The van der Waals surface area contributed by atoms with Crippen LogP contribution in [-0.2, 0) is 9.53 Å². The van der Waals surface area contributed by atoms with Gasteiger partial charge in [0.2, 0.25) is 0 Å². The monoisotopic (exact) mass is 390 g/mol. The molecule has 2 amide bonds. The van der Waals surface area contributed by atoms with Crippen LogP contribution in [0.15, 0.2) is 29.6 Å². The van der Waals surface area contributed by atoms with Crippen LogP contribution in [0, 0.1) is 6.92 Å². The number of benzene rings is 1. The highest BCUT2D eigenvalue weighted by Crippen LogP contribution is 2.21. The highest BCUT2D eigenvalue weighted by Gasteiger charge is 2.19. The molecule has 2 aromatic rings. The average Bonchev–Trinajstić information content (AvgIpc) is 3.17. The van der Waals surface area contributed by atoms with E-state index in [-0.39, 0.29) is 5.69 Å². The molecule has 2 heterocycles. The fourth-order valence-corrected chi connectivity index (χ4v) is 3.36. The van der Waals surface area contributed by atoms with E-state index in [4.69, 9.17) is 9.47 Å². The standard InChI is InChI=1S/C18H22N4O4S/c1-12-4-3-5-14(10-12)26-13(2)16(23)20-21-17(24)15-11-27-18(19-15)22-6-8-25-9-7-22/h3-5,10-11,13H,6-9H2,1-2H3,(H,20,23)(H,21,24). The van der Waals surface area contributed by atoms with Gasteiger partial charge in [0.15, 0.2) is 11.2 Å². The largest absolute Gasteiger partial charge is 0.481 e. The molecule has 1 fully saturated rings. The molecule has 0 aliphatic carbocycles. The van der Waals surface area contributed by atoms with Crippen LogP contribution in [0.3, 0.4) is 0 Å². The Morgan fingerprint density at radius 1 is 1.30 bits per heavy atom. The quantitative estimate of drug-likeness (QED) is 0.752. The Morgan fingerprint density at radius 3 is 2.81 bits per heavy atom. The summed E-state index contributed by atoms with van der Waals surface area (Å²) in [6.07, 6.45) is -0.758. The van der Waals surface area contributed by atoms with Gasteiger partial charge >= 0.3 is 0 Å². The van der Waals surface area contributed by atoms with Crippen molar-refractivity contribution in [2.24, 2.45) is 0 Å². The van der Waals surface area contributed by atoms with Crippen molar-refractivity contribution in [2.75, 3.05) is 31.2 Å². The molecule has 3 rings (SSSR count). The zero-order valence-electron chi connectivity index (χ0n) is 15.2. The maximum Gasteiger partial charge on any atom is 0.289 e. The van der Waals surface area contributed by atoms with Crippen LogP contribution in [0.4, 0.5) is 5.13 Å². The molecule has 9 heteroatoms. The molecule has 0 spiro atoms. The van der Waals surface area contributed by atoms with Crippen molar-refractivity contribution in [3.63, 3.8) is 0 Å². The number of rotatable bonds is 5. The molecular weight excluding hydrogens is 368 g/mol. The number of amides is 2. The first kappa shape index (κ1) is 19.1. The van der Waals surface area contributed by atoms with Crippen molar-refractivity contribution in [1.29, 1.82) is 0 Å². The number of nitrogens with zero attached hydrogens (tertiary/aromatic N) is 2. The Morgan fingerprint density at radius 2 is 2.07 bits per heavy atom. The number of carbonyl (C=O) groups excluding carboxylic acids is 2. The molecule has 1 aliphatic rings. The molecule has 1 unspecified atom stereocenters. The van der Waals surface area contributed by atoms with E-state index in [0.717, 1.165) is 23.8 Å².